The zero-order chi connectivity index (χ0) is 3.41. The molecule has 0 fully saturated rings. The molecule has 0 aliphatic carbocycles. The molecule has 5 heavy (non-hydrogen) atoms. The number of rotatable bonds is 0. The molecular formula is CH2CdN2S. The summed E-state index contributed by atoms with van der Waals surface area (Å²) in [6.45, 7) is 0. The largest absolute Gasteiger partial charge is 0.265 e. The molecule has 0 unspecified atom stereocenters. The van der Waals surface area contributed by atoms with Gasteiger partial charge in [0.05, 0.1) is 0 Å². The second-order valence-corrected chi connectivity index (χ2v) is 0.627. The first-order valence-electron chi connectivity index (χ1n) is 0.663. The van der Waals surface area contributed by atoms with Gasteiger partial charge in [-0.2, -0.15) is 5.26 Å². The predicted octanol–water partition coefficient (Wildman–Crippen LogP) is 0.0719. The molecule has 0 aliphatic rings. The van der Waals surface area contributed by atoms with Crippen LogP contribution in [0.5, 0.6) is 0 Å². The minimum atomic E-state index is 0. The fourth-order valence-corrected chi connectivity index (χ4v) is 0. The fraction of sp³-hybridized carbons (Fsp3) is 0. The van der Waals surface area contributed by atoms with Crippen LogP contribution in [-0.2, 0) is 27.3 Å². The topological polar surface area (TPSA) is 49.8 Å². The molecule has 0 heterocycles. The summed E-state index contributed by atoms with van der Waals surface area (Å²) in [5, 5.41) is 13.7. The van der Waals surface area contributed by atoms with Crippen molar-refractivity contribution in [3.63, 3.8) is 0 Å². The van der Waals surface area contributed by atoms with E-state index in [9.17, 15) is 0 Å². The number of hydrogen-bond acceptors (Lipinski definition) is 3. The van der Waals surface area contributed by atoms with E-state index < -0.39 is 0 Å². The van der Waals surface area contributed by atoms with Gasteiger partial charge in [-0.15, -0.1) is 0 Å². The van der Waals surface area contributed by atoms with Gasteiger partial charge >= 0.3 is 0 Å². The molecule has 0 atom stereocenters. The second-order valence-electron chi connectivity index (χ2n) is 0.209. The van der Waals surface area contributed by atoms with Gasteiger partial charge in [-0.3, -0.25) is 5.14 Å². The molecule has 0 spiro atoms. The zero-order valence-corrected chi connectivity index (χ0v) is 7.49. The van der Waals surface area contributed by atoms with Gasteiger partial charge in [-0.1, -0.05) is 0 Å². The SMILES string of the molecule is N#CSN.[Cd]. The molecule has 0 aromatic rings. The maximum Gasteiger partial charge on any atom is 0.149 e. The molecule has 0 amide bonds. The van der Waals surface area contributed by atoms with Crippen molar-refractivity contribution in [2.75, 3.05) is 0 Å². The summed E-state index contributed by atoms with van der Waals surface area (Å²) >= 11 is 0.662. The van der Waals surface area contributed by atoms with E-state index in [1.54, 1.807) is 5.40 Å². The molecule has 0 rings (SSSR count). The Morgan fingerprint density at radius 1 is 1.80 bits per heavy atom. The van der Waals surface area contributed by atoms with E-state index in [0.717, 1.165) is 0 Å². The molecule has 0 aliphatic heterocycles. The van der Waals surface area contributed by atoms with Crippen LogP contribution in [0.4, 0.5) is 0 Å². The van der Waals surface area contributed by atoms with Crippen LogP contribution in [0.3, 0.4) is 0 Å². The second kappa shape index (κ2) is 8.83. The quantitative estimate of drug-likeness (QED) is 0.331. The Bertz CT molecular complexity index is 39.4. The van der Waals surface area contributed by atoms with E-state index in [1.807, 2.05) is 0 Å². The summed E-state index contributed by atoms with van der Waals surface area (Å²) in [5.74, 6) is 0. The number of hydrogen-bond donors (Lipinski definition) is 1. The summed E-state index contributed by atoms with van der Waals surface area (Å²) in [5.41, 5.74) is 0. The average molecular weight is 187 g/mol. The van der Waals surface area contributed by atoms with E-state index in [1.165, 1.54) is 0 Å². The van der Waals surface area contributed by atoms with Crippen molar-refractivity contribution >= 4 is 11.9 Å². The summed E-state index contributed by atoms with van der Waals surface area (Å²) in [6.07, 6.45) is 0. The van der Waals surface area contributed by atoms with Crippen molar-refractivity contribution in [1.82, 2.24) is 0 Å². The van der Waals surface area contributed by atoms with Gasteiger partial charge in [0.15, 0.2) is 0 Å². The van der Waals surface area contributed by atoms with Gasteiger partial charge in [-0.25, -0.2) is 0 Å². The molecule has 0 aromatic carbocycles. The van der Waals surface area contributed by atoms with E-state index >= 15 is 0 Å². The first kappa shape index (κ1) is 9.21. The first-order chi connectivity index (χ1) is 1.91. The molecule has 0 aromatic heterocycles. The summed E-state index contributed by atoms with van der Waals surface area (Å²) in [7, 11) is 0. The van der Waals surface area contributed by atoms with Gasteiger partial charge in [0.1, 0.15) is 5.40 Å². The molecule has 0 saturated heterocycles. The standard InChI is InChI=1S/CH2N2S.Cd/c2-1-4-3;/h3H2;. The molecule has 0 radical (unpaired) electrons. The molecule has 4 heteroatoms. The number of thiocyanates is 1. The maximum absolute atomic E-state index is 7.46. The summed E-state index contributed by atoms with van der Waals surface area (Å²) < 4.78 is 0. The van der Waals surface area contributed by atoms with Crippen LogP contribution in [0.15, 0.2) is 0 Å². The van der Waals surface area contributed by atoms with Crippen molar-refractivity contribution in [3.8, 4) is 5.40 Å². The fourth-order valence-electron chi connectivity index (χ4n) is 0. The minimum Gasteiger partial charge on any atom is -0.265 e. The van der Waals surface area contributed by atoms with Crippen molar-refractivity contribution in [1.29, 1.82) is 5.26 Å². The van der Waals surface area contributed by atoms with Gasteiger partial charge in [0, 0.05) is 39.2 Å². The Kier molecular flexibility index (Phi) is 16.3. The first-order valence-corrected chi connectivity index (χ1v) is 1.54. The van der Waals surface area contributed by atoms with E-state index in [-0.39, 0.29) is 27.3 Å². The smallest absolute Gasteiger partial charge is 0.149 e. The monoisotopic (exact) mass is 188 g/mol. The third kappa shape index (κ3) is 11.8. The maximum atomic E-state index is 7.46. The van der Waals surface area contributed by atoms with E-state index in [2.05, 4.69) is 5.14 Å². The van der Waals surface area contributed by atoms with Crippen molar-refractivity contribution in [2.24, 2.45) is 5.14 Å². The van der Waals surface area contributed by atoms with Crippen LogP contribution in [0.25, 0.3) is 0 Å². The zero-order valence-electron chi connectivity index (χ0n) is 2.64. The molecule has 2 N–H and O–H groups in total. The Morgan fingerprint density at radius 3 is 2.00 bits per heavy atom. The van der Waals surface area contributed by atoms with E-state index in [4.69, 9.17) is 5.26 Å². The molecular weight excluding hydrogens is 185 g/mol. The van der Waals surface area contributed by atoms with Crippen molar-refractivity contribution in [3.05, 3.63) is 0 Å². The average Bonchev–Trinajstić information content (AvgIpc) is 1.37. The van der Waals surface area contributed by atoms with Crippen LogP contribution >= 0.6 is 11.9 Å². The van der Waals surface area contributed by atoms with Crippen molar-refractivity contribution < 1.29 is 27.3 Å². The summed E-state index contributed by atoms with van der Waals surface area (Å²) in [4.78, 5) is 0. The van der Waals surface area contributed by atoms with Crippen LogP contribution in [-0.4, -0.2) is 0 Å². The van der Waals surface area contributed by atoms with Crippen LogP contribution in [0, 0.1) is 10.7 Å². The van der Waals surface area contributed by atoms with Crippen LogP contribution < -0.4 is 5.14 Å². The number of nitriles is 1. The normalized spacial score (nSPS) is 4.00. The third-order valence-corrected chi connectivity index (χ3v) is 0.158. The molecule has 0 bridgehead atoms. The molecule has 0 saturated carbocycles. The molecule has 2 nitrogen and oxygen atoms in total. The third-order valence-electron chi connectivity index (χ3n) is 0.0527. The Balaban J connectivity index is 0. The summed E-state index contributed by atoms with van der Waals surface area (Å²) in [6, 6.07) is 0. The Labute approximate surface area is 55.0 Å². The Hall–Kier alpha value is 0.722. The van der Waals surface area contributed by atoms with Crippen LogP contribution in [0.1, 0.15) is 0 Å². The van der Waals surface area contributed by atoms with Crippen molar-refractivity contribution in [2.45, 2.75) is 0 Å². The van der Waals surface area contributed by atoms with Gasteiger partial charge < -0.3 is 0 Å². The number of nitrogens with two attached hydrogens (primary N) is 1. The van der Waals surface area contributed by atoms with Crippen LogP contribution in [0.2, 0.25) is 0 Å². The van der Waals surface area contributed by atoms with Gasteiger partial charge in [-0.05, 0) is 0 Å². The number of nitrogens with zero attached hydrogens (tertiary/aromatic N) is 1. The van der Waals surface area contributed by atoms with Gasteiger partial charge in [0.2, 0.25) is 0 Å². The Morgan fingerprint density at radius 2 is 2.00 bits per heavy atom. The van der Waals surface area contributed by atoms with Gasteiger partial charge in [0.25, 0.3) is 0 Å². The van der Waals surface area contributed by atoms with E-state index in [0.29, 0.717) is 11.9 Å². The minimum absolute atomic E-state index is 0. The molecule has 24 valence electrons. The predicted molar refractivity (Wildman–Crippen MR) is 17.4 cm³/mol.